The smallest absolute Gasteiger partial charge is 0.167 e. The molecule has 12 rings (SSSR count). The standard InChI is InChI=1S/C55H33N3O2/c1-3-14-34(15-4-1)35-28-30-37(31-29-35)53-56-54(58-55(57-53)46-25-12-23-44-42-20-9-10-26-48(42)59-52(44)46)39-32-38-18-7-8-19-40(38)47(33-39)43-22-13-27-49-50(43)45-24-11-21-41(51(45)60-49)36-16-5-2-6-17-36/h1-33H. The van der Waals surface area contributed by atoms with E-state index in [2.05, 4.69) is 158 Å². The summed E-state index contributed by atoms with van der Waals surface area (Å²) in [6, 6.07) is 69.2. The summed E-state index contributed by atoms with van der Waals surface area (Å²) in [4.78, 5) is 15.7. The quantitative estimate of drug-likeness (QED) is 0.169. The summed E-state index contributed by atoms with van der Waals surface area (Å²) in [6.45, 7) is 0. The number of hydrogen-bond donors (Lipinski definition) is 0. The molecule has 0 spiro atoms. The third-order valence-corrected chi connectivity index (χ3v) is 11.5. The van der Waals surface area contributed by atoms with Crippen molar-refractivity contribution in [1.29, 1.82) is 0 Å². The van der Waals surface area contributed by atoms with Crippen LogP contribution >= 0.6 is 0 Å². The van der Waals surface area contributed by atoms with Gasteiger partial charge in [0, 0.05) is 38.2 Å². The average molecular weight is 768 g/mol. The number of furan rings is 2. The molecule has 280 valence electrons. The van der Waals surface area contributed by atoms with E-state index in [9.17, 15) is 0 Å². The molecule has 0 fully saturated rings. The molecular formula is C55H33N3O2. The van der Waals surface area contributed by atoms with E-state index in [0.29, 0.717) is 17.5 Å². The number of fused-ring (bicyclic) bond motifs is 7. The van der Waals surface area contributed by atoms with Gasteiger partial charge in [-0.15, -0.1) is 0 Å². The molecule has 0 saturated heterocycles. The molecule has 0 unspecified atom stereocenters. The van der Waals surface area contributed by atoms with Gasteiger partial charge in [-0.25, -0.2) is 15.0 Å². The second-order valence-electron chi connectivity index (χ2n) is 15.1. The first-order valence-corrected chi connectivity index (χ1v) is 20.1. The van der Waals surface area contributed by atoms with Crippen molar-refractivity contribution in [3.05, 3.63) is 200 Å². The second kappa shape index (κ2) is 13.8. The van der Waals surface area contributed by atoms with Crippen LogP contribution in [0.25, 0.3) is 122 Å². The molecule has 0 radical (unpaired) electrons. The van der Waals surface area contributed by atoms with Crippen molar-refractivity contribution in [2.75, 3.05) is 0 Å². The zero-order valence-corrected chi connectivity index (χ0v) is 32.2. The molecule has 0 N–H and O–H groups in total. The number of aromatic nitrogens is 3. The van der Waals surface area contributed by atoms with Gasteiger partial charge >= 0.3 is 0 Å². The largest absolute Gasteiger partial charge is 0.455 e. The van der Waals surface area contributed by atoms with Crippen LogP contribution in [-0.2, 0) is 0 Å². The maximum absolute atomic E-state index is 6.71. The van der Waals surface area contributed by atoms with E-state index in [1.54, 1.807) is 0 Å². The predicted molar refractivity (Wildman–Crippen MR) is 245 cm³/mol. The minimum atomic E-state index is 0.540. The molecule has 60 heavy (non-hydrogen) atoms. The number of para-hydroxylation sites is 3. The lowest BCUT2D eigenvalue weighted by Gasteiger charge is -2.13. The second-order valence-corrected chi connectivity index (χ2v) is 15.1. The average Bonchev–Trinajstić information content (AvgIpc) is 3.91. The van der Waals surface area contributed by atoms with E-state index in [1.165, 1.54) is 0 Å². The van der Waals surface area contributed by atoms with E-state index < -0.39 is 0 Å². The molecule has 0 aliphatic heterocycles. The first kappa shape index (κ1) is 33.9. The van der Waals surface area contributed by atoms with Crippen molar-refractivity contribution in [2.45, 2.75) is 0 Å². The Kier molecular flexibility index (Phi) is 7.78. The summed E-state index contributed by atoms with van der Waals surface area (Å²) in [7, 11) is 0. The van der Waals surface area contributed by atoms with Crippen molar-refractivity contribution in [2.24, 2.45) is 0 Å². The fourth-order valence-corrected chi connectivity index (χ4v) is 8.70. The molecule has 0 aliphatic carbocycles. The summed E-state index contributed by atoms with van der Waals surface area (Å²) in [6.07, 6.45) is 0. The molecule has 0 aliphatic rings. The van der Waals surface area contributed by atoms with Gasteiger partial charge in [0.1, 0.15) is 22.3 Å². The maximum Gasteiger partial charge on any atom is 0.167 e. The minimum Gasteiger partial charge on any atom is -0.455 e. The fraction of sp³-hybridized carbons (Fsp3) is 0. The lowest BCUT2D eigenvalue weighted by Crippen LogP contribution is -2.01. The van der Waals surface area contributed by atoms with Crippen molar-refractivity contribution >= 4 is 54.6 Å². The SMILES string of the molecule is c1ccc(-c2ccc(-c3nc(-c4cc(-c5cccc6oc7c(-c8ccccc8)cccc7c56)c5ccccc5c4)nc(-c4cccc5c4oc4ccccc45)n3)cc2)cc1. The van der Waals surface area contributed by atoms with Gasteiger partial charge in [0.25, 0.3) is 0 Å². The molecule has 0 saturated carbocycles. The molecule has 0 atom stereocenters. The number of benzene rings is 9. The van der Waals surface area contributed by atoms with Crippen LogP contribution in [0.15, 0.2) is 209 Å². The van der Waals surface area contributed by atoms with E-state index in [1.807, 2.05) is 42.5 Å². The zero-order chi connectivity index (χ0) is 39.6. The number of nitrogens with zero attached hydrogens (tertiary/aromatic N) is 3. The minimum absolute atomic E-state index is 0.540. The van der Waals surface area contributed by atoms with E-state index in [4.69, 9.17) is 23.8 Å². The molecule has 3 aromatic heterocycles. The third kappa shape index (κ3) is 5.59. The van der Waals surface area contributed by atoms with Crippen molar-refractivity contribution in [3.8, 4) is 67.5 Å². The van der Waals surface area contributed by atoms with Gasteiger partial charge in [0.15, 0.2) is 17.5 Å². The van der Waals surface area contributed by atoms with Crippen LogP contribution < -0.4 is 0 Å². The van der Waals surface area contributed by atoms with Gasteiger partial charge in [-0.1, -0.05) is 170 Å². The van der Waals surface area contributed by atoms with Gasteiger partial charge in [-0.05, 0) is 68.9 Å². The Hall–Kier alpha value is -8.15. The van der Waals surface area contributed by atoms with E-state index in [0.717, 1.165) is 105 Å². The van der Waals surface area contributed by atoms with E-state index in [-0.39, 0.29) is 0 Å². The number of hydrogen-bond acceptors (Lipinski definition) is 5. The van der Waals surface area contributed by atoms with Crippen LogP contribution in [0.3, 0.4) is 0 Å². The third-order valence-electron chi connectivity index (χ3n) is 11.5. The summed E-state index contributed by atoms with van der Waals surface area (Å²) >= 11 is 0. The predicted octanol–water partition coefficient (Wildman–Crippen LogP) is 14.8. The lowest BCUT2D eigenvalue weighted by atomic mass is 9.92. The van der Waals surface area contributed by atoms with Gasteiger partial charge in [0.2, 0.25) is 0 Å². The Morgan fingerprint density at radius 1 is 0.283 bits per heavy atom. The highest BCUT2D eigenvalue weighted by molar-refractivity contribution is 6.18. The highest BCUT2D eigenvalue weighted by atomic mass is 16.3. The van der Waals surface area contributed by atoms with E-state index >= 15 is 0 Å². The van der Waals surface area contributed by atoms with Gasteiger partial charge in [-0.2, -0.15) is 0 Å². The molecule has 5 nitrogen and oxygen atoms in total. The molecule has 5 heteroatoms. The van der Waals surface area contributed by atoms with Crippen LogP contribution in [-0.4, -0.2) is 15.0 Å². The van der Waals surface area contributed by atoms with Crippen LogP contribution in [0, 0.1) is 0 Å². The molecule has 12 aromatic rings. The summed E-state index contributed by atoms with van der Waals surface area (Å²) < 4.78 is 13.2. The van der Waals surface area contributed by atoms with Gasteiger partial charge in [0.05, 0.1) is 5.56 Å². The Morgan fingerprint density at radius 2 is 0.817 bits per heavy atom. The summed E-state index contributed by atoms with van der Waals surface area (Å²) in [5.74, 6) is 1.68. The summed E-state index contributed by atoms with van der Waals surface area (Å²) in [5.41, 5.74) is 12.4. The first-order valence-electron chi connectivity index (χ1n) is 20.1. The fourth-order valence-electron chi connectivity index (χ4n) is 8.70. The Bertz CT molecular complexity index is 3590. The van der Waals surface area contributed by atoms with Crippen LogP contribution in [0.5, 0.6) is 0 Å². The molecule has 3 heterocycles. The van der Waals surface area contributed by atoms with Gasteiger partial charge < -0.3 is 8.83 Å². The number of rotatable bonds is 6. The topological polar surface area (TPSA) is 65.0 Å². The Balaban J connectivity index is 1.08. The van der Waals surface area contributed by atoms with Crippen LogP contribution in [0.2, 0.25) is 0 Å². The zero-order valence-electron chi connectivity index (χ0n) is 32.2. The highest BCUT2D eigenvalue weighted by Gasteiger charge is 2.21. The van der Waals surface area contributed by atoms with Crippen LogP contribution in [0.1, 0.15) is 0 Å². The van der Waals surface area contributed by atoms with Crippen LogP contribution in [0.4, 0.5) is 0 Å². The molecular weight excluding hydrogens is 735 g/mol. The Morgan fingerprint density at radius 3 is 1.63 bits per heavy atom. The Labute approximate surface area is 344 Å². The highest BCUT2D eigenvalue weighted by Crippen LogP contribution is 2.44. The van der Waals surface area contributed by atoms with Crippen molar-refractivity contribution in [3.63, 3.8) is 0 Å². The monoisotopic (exact) mass is 767 g/mol. The molecule has 0 bridgehead atoms. The lowest BCUT2D eigenvalue weighted by molar-refractivity contribution is 0.669. The maximum atomic E-state index is 6.71. The first-order chi connectivity index (χ1) is 29.7. The summed E-state index contributed by atoms with van der Waals surface area (Å²) in [5, 5.41) is 6.41. The molecule has 0 amide bonds. The normalized spacial score (nSPS) is 11.7. The van der Waals surface area contributed by atoms with Gasteiger partial charge in [-0.3, -0.25) is 0 Å². The van der Waals surface area contributed by atoms with Crippen molar-refractivity contribution < 1.29 is 8.83 Å². The van der Waals surface area contributed by atoms with Crippen molar-refractivity contribution in [1.82, 2.24) is 15.0 Å². The molecule has 9 aromatic carbocycles.